The van der Waals surface area contributed by atoms with Crippen LogP contribution in [-0.4, -0.2) is 20.8 Å². The van der Waals surface area contributed by atoms with Gasteiger partial charge in [-0.3, -0.25) is 19.4 Å². The third-order valence-corrected chi connectivity index (χ3v) is 4.86. The predicted octanol–water partition coefficient (Wildman–Crippen LogP) is 1.41. The lowest BCUT2D eigenvalue weighted by atomic mass is 10.1. The first-order chi connectivity index (χ1) is 9.88. The van der Waals surface area contributed by atoms with Crippen molar-refractivity contribution in [1.82, 2.24) is 14.8 Å². The lowest BCUT2D eigenvalue weighted by Crippen LogP contribution is -2.34. The molecule has 2 aromatic rings. The molecule has 0 saturated heterocycles. The number of hydrogen-bond acceptors (Lipinski definition) is 5. The maximum Gasteiger partial charge on any atom is 0.339 e. The molecule has 1 heterocycles. The number of aromatic nitrogens is 3. The fraction of sp³-hybridized carbons (Fsp3) is 0.308. The Morgan fingerprint density at radius 2 is 2.14 bits per heavy atom. The van der Waals surface area contributed by atoms with Gasteiger partial charge in [-0.25, -0.2) is 0 Å². The van der Waals surface area contributed by atoms with Crippen molar-refractivity contribution >= 4 is 27.7 Å². The Bertz CT molecular complexity index is 756. The zero-order chi connectivity index (χ0) is 15.6. The molecule has 1 aromatic carbocycles. The smallest absolute Gasteiger partial charge is 0.327 e. The third-order valence-electron chi connectivity index (χ3n) is 2.83. The summed E-state index contributed by atoms with van der Waals surface area (Å²) in [5, 5.41) is 2.76. The highest BCUT2D eigenvalue weighted by Gasteiger charge is 2.20. The lowest BCUT2D eigenvalue weighted by Gasteiger charge is -2.21. The van der Waals surface area contributed by atoms with Crippen LogP contribution < -0.4 is 16.9 Å². The number of benzene rings is 1. The van der Waals surface area contributed by atoms with E-state index in [9.17, 15) is 9.59 Å². The van der Waals surface area contributed by atoms with Crippen molar-refractivity contribution in [3.63, 3.8) is 0 Å². The zero-order valence-corrected chi connectivity index (χ0v) is 13.9. The summed E-state index contributed by atoms with van der Waals surface area (Å²) in [6.07, 6.45) is 0. The summed E-state index contributed by atoms with van der Waals surface area (Å²) in [5.41, 5.74) is 5.55. The SMILES string of the molecule is CC(N)C(Sc1nc(=O)c(=O)[nH]n1C)c1cccc(Br)c1. The van der Waals surface area contributed by atoms with Gasteiger partial charge in [-0.1, -0.05) is 39.8 Å². The van der Waals surface area contributed by atoms with Gasteiger partial charge in [-0.05, 0) is 24.6 Å². The topological polar surface area (TPSA) is 93.8 Å². The normalized spacial score (nSPS) is 13.9. The average Bonchev–Trinajstić information content (AvgIpc) is 2.41. The van der Waals surface area contributed by atoms with Crippen LogP contribution in [0.1, 0.15) is 17.7 Å². The Morgan fingerprint density at radius 1 is 1.43 bits per heavy atom. The van der Waals surface area contributed by atoms with Gasteiger partial charge in [0, 0.05) is 17.6 Å². The Morgan fingerprint density at radius 3 is 2.76 bits per heavy atom. The highest BCUT2D eigenvalue weighted by molar-refractivity contribution is 9.10. The number of thioether (sulfide) groups is 1. The molecular formula is C13H15BrN4O2S. The predicted molar refractivity (Wildman–Crippen MR) is 86.5 cm³/mol. The largest absolute Gasteiger partial charge is 0.339 e. The summed E-state index contributed by atoms with van der Waals surface area (Å²) in [6.45, 7) is 1.89. The number of aryl methyl sites for hydroxylation is 1. The van der Waals surface area contributed by atoms with Crippen molar-refractivity contribution in [2.75, 3.05) is 0 Å². The lowest BCUT2D eigenvalue weighted by molar-refractivity contribution is 0.592. The molecule has 112 valence electrons. The molecule has 3 N–H and O–H groups in total. The van der Waals surface area contributed by atoms with Crippen LogP contribution in [-0.2, 0) is 7.05 Å². The van der Waals surface area contributed by atoms with Crippen LogP contribution in [0.5, 0.6) is 0 Å². The van der Waals surface area contributed by atoms with Gasteiger partial charge >= 0.3 is 11.1 Å². The second-order valence-electron chi connectivity index (χ2n) is 4.65. The summed E-state index contributed by atoms with van der Waals surface area (Å²) in [6, 6.07) is 7.64. The maximum absolute atomic E-state index is 11.4. The number of nitrogens with one attached hydrogen (secondary N) is 1. The van der Waals surface area contributed by atoms with Gasteiger partial charge in [-0.15, -0.1) is 0 Å². The molecule has 0 spiro atoms. The highest BCUT2D eigenvalue weighted by atomic mass is 79.9. The first-order valence-electron chi connectivity index (χ1n) is 6.23. The Balaban J connectivity index is 2.40. The Labute approximate surface area is 133 Å². The first kappa shape index (κ1) is 16.0. The minimum Gasteiger partial charge on any atom is -0.327 e. The quantitative estimate of drug-likeness (QED) is 0.626. The molecule has 0 aliphatic heterocycles. The van der Waals surface area contributed by atoms with E-state index in [0.717, 1.165) is 10.0 Å². The number of nitrogens with zero attached hydrogens (tertiary/aromatic N) is 2. The third kappa shape index (κ3) is 3.84. The maximum atomic E-state index is 11.4. The van der Waals surface area contributed by atoms with E-state index in [-0.39, 0.29) is 11.3 Å². The summed E-state index contributed by atoms with van der Waals surface area (Å²) in [5.74, 6) is 0. The van der Waals surface area contributed by atoms with E-state index >= 15 is 0 Å². The molecule has 2 atom stereocenters. The molecule has 2 rings (SSSR count). The molecule has 0 aliphatic carbocycles. The Hall–Kier alpha value is -1.38. The fourth-order valence-electron chi connectivity index (χ4n) is 1.84. The van der Waals surface area contributed by atoms with E-state index in [1.807, 2.05) is 31.2 Å². The summed E-state index contributed by atoms with van der Waals surface area (Å²) < 4.78 is 2.39. The van der Waals surface area contributed by atoms with Crippen molar-refractivity contribution in [1.29, 1.82) is 0 Å². The first-order valence-corrected chi connectivity index (χ1v) is 7.91. The molecule has 0 radical (unpaired) electrons. The number of nitrogens with two attached hydrogens (primary N) is 1. The van der Waals surface area contributed by atoms with Crippen LogP contribution in [0.4, 0.5) is 0 Å². The van der Waals surface area contributed by atoms with Crippen molar-refractivity contribution in [2.45, 2.75) is 23.4 Å². The van der Waals surface area contributed by atoms with Gasteiger partial charge in [-0.2, -0.15) is 4.98 Å². The minimum absolute atomic E-state index is 0.0912. The molecular weight excluding hydrogens is 356 g/mol. The van der Waals surface area contributed by atoms with Crippen molar-refractivity contribution in [2.24, 2.45) is 12.8 Å². The molecule has 8 heteroatoms. The van der Waals surface area contributed by atoms with Gasteiger partial charge in [0.15, 0.2) is 5.16 Å². The second-order valence-corrected chi connectivity index (χ2v) is 6.68. The summed E-state index contributed by atoms with van der Waals surface area (Å²) in [7, 11) is 1.63. The number of hydrogen-bond donors (Lipinski definition) is 2. The van der Waals surface area contributed by atoms with E-state index < -0.39 is 11.1 Å². The highest BCUT2D eigenvalue weighted by Crippen LogP contribution is 2.36. The second kappa shape index (κ2) is 6.59. The van der Waals surface area contributed by atoms with Crippen molar-refractivity contribution in [3.8, 4) is 0 Å². The Kier molecular flexibility index (Phi) is 5.02. The van der Waals surface area contributed by atoms with Crippen LogP contribution in [0.25, 0.3) is 0 Å². The van der Waals surface area contributed by atoms with E-state index in [1.165, 1.54) is 16.4 Å². The molecule has 2 unspecified atom stereocenters. The van der Waals surface area contributed by atoms with Crippen LogP contribution in [0.15, 0.2) is 43.5 Å². The summed E-state index contributed by atoms with van der Waals surface area (Å²) in [4.78, 5) is 26.5. The molecule has 0 aliphatic rings. The molecule has 0 amide bonds. The molecule has 1 aromatic heterocycles. The molecule has 0 bridgehead atoms. The van der Waals surface area contributed by atoms with Gasteiger partial charge in [0.25, 0.3) is 0 Å². The van der Waals surface area contributed by atoms with Crippen molar-refractivity contribution in [3.05, 3.63) is 55.0 Å². The van der Waals surface area contributed by atoms with Crippen LogP contribution in [0, 0.1) is 0 Å². The molecule has 0 saturated carbocycles. The van der Waals surface area contributed by atoms with Gasteiger partial charge in [0.1, 0.15) is 0 Å². The molecule has 21 heavy (non-hydrogen) atoms. The molecule has 0 fully saturated rings. The molecule has 6 nitrogen and oxygen atoms in total. The monoisotopic (exact) mass is 370 g/mol. The number of H-pyrrole nitrogens is 1. The zero-order valence-electron chi connectivity index (χ0n) is 11.5. The number of aromatic amines is 1. The van der Waals surface area contributed by atoms with Gasteiger partial charge < -0.3 is 5.73 Å². The fourth-order valence-corrected chi connectivity index (χ4v) is 3.32. The van der Waals surface area contributed by atoms with E-state index in [0.29, 0.717) is 5.16 Å². The average molecular weight is 371 g/mol. The number of halogens is 1. The van der Waals surface area contributed by atoms with E-state index in [2.05, 4.69) is 26.0 Å². The number of rotatable bonds is 4. The van der Waals surface area contributed by atoms with Crippen LogP contribution in [0.2, 0.25) is 0 Å². The summed E-state index contributed by atoms with van der Waals surface area (Å²) >= 11 is 4.78. The van der Waals surface area contributed by atoms with Crippen molar-refractivity contribution < 1.29 is 0 Å². The minimum atomic E-state index is -0.798. The standard InChI is InChI=1S/C13H15BrN4O2S/c1-7(15)10(8-4-3-5-9(14)6-8)21-13-16-11(19)12(20)17-18(13)2/h3-7,10H,15H2,1-2H3,(H,17,20). The van der Waals surface area contributed by atoms with Gasteiger partial charge in [0.05, 0.1) is 5.25 Å². The van der Waals surface area contributed by atoms with E-state index in [4.69, 9.17) is 5.73 Å². The van der Waals surface area contributed by atoms with E-state index in [1.54, 1.807) is 7.05 Å². The van der Waals surface area contributed by atoms with Gasteiger partial charge in [0.2, 0.25) is 0 Å². The van der Waals surface area contributed by atoms with Crippen LogP contribution in [0.3, 0.4) is 0 Å². The van der Waals surface area contributed by atoms with Crippen LogP contribution >= 0.6 is 27.7 Å².